The second-order valence-electron chi connectivity index (χ2n) is 4.82. The third-order valence-corrected chi connectivity index (χ3v) is 3.22. The van der Waals surface area contributed by atoms with E-state index in [1.54, 1.807) is 0 Å². The highest BCUT2D eigenvalue weighted by atomic mass is 14.6. The summed E-state index contributed by atoms with van der Waals surface area (Å²) in [4.78, 5) is 0. The van der Waals surface area contributed by atoms with E-state index >= 15 is 0 Å². The molecular weight excluding hydrogens is 158 g/mol. The van der Waals surface area contributed by atoms with Crippen molar-refractivity contribution in [1.82, 2.24) is 0 Å². The first-order valence-electron chi connectivity index (χ1n) is 4.87. The van der Waals surface area contributed by atoms with Crippen molar-refractivity contribution in [3.8, 4) is 0 Å². The molecule has 1 aliphatic carbocycles. The summed E-state index contributed by atoms with van der Waals surface area (Å²) in [6, 6.07) is 6.19. The van der Waals surface area contributed by atoms with Gasteiger partial charge in [0.1, 0.15) is 0 Å². The Bertz CT molecular complexity index is 319. The molecule has 2 rings (SSSR count). The van der Waals surface area contributed by atoms with Gasteiger partial charge in [-0.15, -0.1) is 0 Å². The Labute approximate surface area is 80.0 Å². The number of nitrogens with two attached hydrogens (primary N) is 1. The number of hydrogen-bond donors (Lipinski definition) is 1. The van der Waals surface area contributed by atoms with E-state index in [-0.39, 0.29) is 0 Å². The number of anilines is 1. The fourth-order valence-electron chi connectivity index (χ4n) is 2.14. The summed E-state index contributed by atoms with van der Waals surface area (Å²) in [5.74, 6) is 0.689. The van der Waals surface area contributed by atoms with Crippen molar-refractivity contribution in [3.05, 3.63) is 29.3 Å². The van der Waals surface area contributed by atoms with Crippen molar-refractivity contribution in [2.45, 2.75) is 33.1 Å². The summed E-state index contributed by atoms with van der Waals surface area (Å²) in [6.45, 7) is 6.77. The topological polar surface area (TPSA) is 26.0 Å². The number of nitrogen functional groups attached to an aromatic ring is 1. The normalized spacial score (nSPS) is 24.4. The second-order valence-corrected chi connectivity index (χ2v) is 4.82. The second kappa shape index (κ2) is 2.50. The van der Waals surface area contributed by atoms with Crippen molar-refractivity contribution in [2.24, 2.45) is 5.41 Å². The maximum atomic E-state index is 5.98. The van der Waals surface area contributed by atoms with E-state index in [1.807, 2.05) is 12.1 Å². The number of benzene rings is 1. The van der Waals surface area contributed by atoms with Gasteiger partial charge < -0.3 is 5.73 Å². The van der Waals surface area contributed by atoms with Gasteiger partial charge >= 0.3 is 0 Å². The van der Waals surface area contributed by atoms with Gasteiger partial charge in [-0.05, 0) is 41.9 Å². The Kier molecular flexibility index (Phi) is 1.66. The lowest BCUT2D eigenvalue weighted by molar-refractivity contribution is 0.621. The zero-order valence-electron chi connectivity index (χ0n) is 8.59. The highest BCUT2D eigenvalue weighted by molar-refractivity contribution is 5.55. The summed E-state index contributed by atoms with van der Waals surface area (Å²) in [7, 11) is 0. The zero-order chi connectivity index (χ0) is 9.64. The van der Waals surface area contributed by atoms with Crippen molar-refractivity contribution < 1.29 is 0 Å². The van der Waals surface area contributed by atoms with Crippen LogP contribution in [-0.2, 0) is 0 Å². The molecule has 0 spiro atoms. The quantitative estimate of drug-likeness (QED) is 0.652. The van der Waals surface area contributed by atoms with Gasteiger partial charge in [0.05, 0.1) is 0 Å². The molecule has 1 fully saturated rings. The molecule has 0 saturated heterocycles. The van der Waals surface area contributed by atoms with Gasteiger partial charge in [-0.25, -0.2) is 0 Å². The summed E-state index contributed by atoms with van der Waals surface area (Å²) >= 11 is 0. The lowest BCUT2D eigenvalue weighted by Crippen LogP contribution is -1.98. The van der Waals surface area contributed by atoms with Crippen LogP contribution in [0.5, 0.6) is 0 Å². The third kappa shape index (κ3) is 1.32. The van der Waals surface area contributed by atoms with Crippen LogP contribution in [0.1, 0.15) is 37.3 Å². The molecule has 0 amide bonds. The molecule has 0 radical (unpaired) electrons. The van der Waals surface area contributed by atoms with E-state index in [9.17, 15) is 0 Å². The van der Waals surface area contributed by atoms with Crippen molar-refractivity contribution in [3.63, 3.8) is 0 Å². The Morgan fingerprint density at radius 3 is 2.46 bits per heavy atom. The molecular formula is C12H17N. The third-order valence-electron chi connectivity index (χ3n) is 3.22. The zero-order valence-corrected chi connectivity index (χ0v) is 8.59. The molecule has 1 saturated carbocycles. The molecule has 1 nitrogen and oxygen atoms in total. The van der Waals surface area contributed by atoms with Crippen LogP contribution in [0.2, 0.25) is 0 Å². The van der Waals surface area contributed by atoms with Crippen molar-refractivity contribution in [2.75, 3.05) is 5.73 Å². The standard InChI is InChI=1S/C12H17N/c1-8-5-4-6-10(13)11(8)9-7-12(9,2)3/h4-6,9H,7,13H2,1-3H3. The Morgan fingerprint density at radius 1 is 1.38 bits per heavy atom. The van der Waals surface area contributed by atoms with Gasteiger partial charge in [0.2, 0.25) is 0 Å². The smallest absolute Gasteiger partial charge is 0.0352 e. The van der Waals surface area contributed by atoms with Crippen LogP contribution in [0, 0.1) is 12.3 Å². The fraction of sp³-hybridized carbons (Fsp3) is 0.500. The molecule has 1 heteroatoms. The van der Waals surface area contributed by atoms with E-state index < -0.39 is 0 Å². The Balaban J connectivity index is 2.41. The van der Waals surface area contributed by atoms with Crippen molar-refractivity contribution in [1.29, 1.82) is 0 Å². The van der Waals surface area contributed by atoms with Crippen LogP contribution < -0.4 is 5.73 Å². The van der Waals surface area contributed by atoms with E-state index in [1.165, 1.54) is 17.5 Å². The van der Waals surface area contributed by atoms with Gasteiger partial charge in [-0.2, -0.15) is 0 Å². The molecule has 70 valence electrons. The Morgan fingerprint density at radius 2 is 2.00 bits per heavy atom. The molecule has 13 heavy (non-hydrogen) atoms. The molecule has 1 aromatic carbocycles. The first-order chi connectivity index (χ1) is 6.02. The average Bonchev–Trinajstić information content (AvgIpc) is 2.59. The van der Waals surface area contributed by atoms with Gasteiger partial charge in [0, 0.05) is 5.69 Å². The lowest BCUT2D eigenvalue weighted by atomic mass is 9.97. The SMILES string of the molecule is Cc1cccc(N)c1C1CC1(C)C. The monoisotopic (exact) mass is 175 g/mol. The molecule has 1 aliphatic rings. The van der Waals surface area contributed by atoms with Crippen LogP contribution >= 0.6 is 0 Å². The maximum Gasteiger partial charge on any atom is 0.0352 e. The van der Waals surface area contributed by atoms with E-state index in [0.29, 0.717) is 11.3 Å². The Hall–Kier alpha value is -0.980. The number of rotatable bonds is 1. The summed E-state index contributed by atoms with van der Waals surface area (Å²) in [5, 5.41) is 0. The van der Waals surface area contributed by atoms with Crippen LogP contribution in [0.4, 0.5) is 5.69 Å². The lowest BCUT2D eigenvalue weighted by Gasteiger charge is -2.10. The van der Waals surface area contributed by atoms with Gasteiger partial charge in [0.25, 0.3) is 0 Å². The molecule has 0 bridgehead atoms. The largest absolute Gasteiger partial charge is 0.398 e. The minimum Gasteiger partial charge on any atom is -0.398 e. The van der Waals surface area contributed by atoms with Gasteiger partial charge in [-0.3, -0.25) is 0 Å². The van der Waals surface area contributed by atoms with Crippen LogP contribution in [0.15, 0.2) is 18.2 Å². The predicted molar refractivity (Wildman–Crippen MR) is 56.7 cm³/mol. The van der Waals surface area contributed by atoms with E-state index in [0.717, 1.165) is 5.69 Å². The van der Waals surface area contributed by atoms with E-state index in [4.69, 9.17) is 5.73 Å². The predicted octanol–water partition coefficient (Wildman–Crippen LogP) is 3.09. The molecule has 2 N–H and O–H groups in total. The highest BCUT2D eigenvalue weighted by Gasteiger charge is 2.47. The minimum absolute atomic E-state index is 0.472. The fourth-order valence-corrected chi connectivity index (χ4v) is 2.14. The summed E-state index contributed by atoms with van der Waals surface area (Å²) in [5.41, 5.74) is 10.1. The molecule has 0 aliphatic heterocycles. The molecule has 0 aromatic heterocycles. The van der Waals surface area contributed by atoms with Gasteiger partial charge in [-0.1, -0.05) is 26.0 Å². The molecule has 1 atom stereocenters. The first-order valence-corrected chi connectivity index (χ1v) is 4.87. The number of hydrogen-bond acceptors (Lipinski definition) is 1. The first kappa shape index (κ1) is 8.61. The summed E-state index contributed by atoms with van der Waals surface area (Å²) < 4.78 is 0. The van der Waals surface area contributed by atoms with Crippen molar-refractivity contribution >= 4 is 5.69 Å². The van der Waals surface area contributed by atoms with E-state index in [2.05, 4.69) is 26.8 Å². The number of aryl methyl sites for hydroxylation is 1. The average molecular weight is 175 g/mol. The molecule has 0 heterocycles. The van der Waals surface area contributed by atoms with Crippen LogP contribution in [0.3, 0.4) is 0 Å². The molecule has 1 aromatic rings. The highest BCUT2D eigenvalue weighted by Crippen LogP contribution is 2.60. The minimum atomic E-state index is 0.472. The van der Waals surface area contributed by atoms with Gasteiger partial charge in [0.15, 0.2) is 0 Å². The van der Waals surface area contributed by atoms with Crippen LogP contribution in [-0.4, -0.2) is 0 Å². The molecule has 1 unspecified atom stereocenters. The summed E-state index contributed by atoms with van der Waals surface area (Å²) in [6.07, 6.45) is 1.28. The maximum absolute atomic E-state index is 5.98. The van der Waals surface area contributed by atoms with Crippen LogP contribution in [0.25, 0.3) is 0 Å².